The second-order valence-electron chi connectivity index (χ2n) is 10.9. The molecule has 3 N–H and O–H groups in total. The molecule has 244 valence electrons. The molecular weight excluding hydrogens is 623 g/mol. The van der Waals surface area contributed by atoms with Gasteiger partial charge in [-0.2, -0.15) is 0 Å². The van der Waals surface area contributed by atoms with E-state index in [2.05, 4.69) is 22.9 Å². The highest BCUT2D eigenvalue weighted by Crippen LogP contribution is 2.27. The Bertz CT molecular complexity index is 1840. The van der Waals surface area contributed by atoms with Crippen LogP contribution in [0.3, 0.4) is 0 Å². The van der Waals surface area contributed by atoms with Crippen LogP contribution in [0.2, 0.25) is 0 Å². The van der Waals surface area contributed by atoms with Gasteiger partial charge in [-0.3, -0.25) is 14.4 Å². The lowest BCUT2D eigenvalue weighted by molar-refractivity contribution is -0.115. The minimum absolute atomic E-state index is 0.0158. The lowest BCUT2D eigenvalue weighted by atomic mass is 10.2. The Labute approximate surface area is 284 Å². The molecule has 0 bridgehead atoms. The van der Waals surface area contributed by atoms with Gasteiger partial charge in [0.05, 0.1) is 11.9 Å². The molecule has 5 rings (SSSR count). The zero-order valence-electron chi connectivity index (χ0n) is 26.8. The number of nitrogens with one attached hydrogen (secondary N) is 3. The number of carbonyl (C=O) groups excluding carboxylic acids is 3. The van der Waals surface area contributed by atoms with E-state index in [1.807, 2.05) is 85.8 Å². The van der Waals surface area contributed by atoms with Crippen LogP contribution in [-0.4, -0.2) is 29.6 Å². The first-order valence-corrected chi connectivity index (χ1v) is 16.6. The summed E-state index contributed by atoms with van der Waals surface area (Å²) in [5, 5.41) is 8.15. The monoisotopic (exact) mass is 659 g/mol. The first-order valence-electron chi connectivity index (χ1n) is 15.7. The first kappa shape index (κ1) is 33.8. The van der Waals surface area contributed by atoms with Crippen molar-refractivity contribution in [3.63, 3.8) is 0 Å². The molecule has 0 saturated carbocycles. The topological polar surface area (TPSA) is 110 Å². The summed E-state index contributed by atoms with van der Waals surface area (Å²) in [6.07, 6.45) is 3.56. The molecule has 5 aromatic rings. The lowest BCUT2D eigenvalue weighted by Crippen LogP contribution is -2.30. The minimum Gasteiger partial charge on any atom is -0.494 e. The van der Waals surface area contributed by atoms with Crippen molar-refractivity contribution < 1.29 is 23.5 Å². The number of unbranched alkanes of at least 4 members (excludes halogenated alkanes) is 1. The van der Waals surface area contributed by atoms with E-state index in [1.165, 1.54) is 17.8 Å². The van der Waals surface area contributed by atoms with Gasteiger partial charge in [-0.1, -0.05) is 61.9 Å². The molecule has 48 heavy (non-hydrogen) atoms. The van der Waals surface area contributed by atoms with Crippen molar-refractivity contribution in [3.8, 4) is 17.1 Å². The summed E-state index contributed by atoms with van der Waals surface area (Å²) in [5.74, 6) is 0.735. The Morgan fingerprint density at radius 1 is 0.792 bits per heavy atom. The SMILES string of the molecule is CCCCOc1ccc(NC(=O)C(C)Sc2ccc(NC(=O)/C(=C\c3ccc(-c4ccccc4)o3)NC(=O)c3ccccc3)cc2)cc1. The number of anilines is 2. The van der Waals surface area contributed by atoms with Crippen LogP contribution >= 0.6 is 11.8 Å². The molecule has 1 heterocycles. The fraction of sp³-hybridized carbons (Fsp3) is 0.154. The van der Waals surface area contributed by atoms with Crippen molar-refractivity contribution in [2.75, 3.05) is 17.2 Å². The molecule has 0 spiro atoms. The Morgan fingerprint density at radius 2 is 1.44 bits per heavy atom. The molecule has 1 aromatic heterocycles. The first-order chi connectivity index (χ1) is 23.4. The van der Waals surface area contributed by atoms with Crippen molar-refractivity contribution in [1.29, 1.82) is 0 Å². The number of furan rings is 1. The maximum absolute atomic E-state index is 13.5. The molecule has 0 radical (unpaired) electrons. The highest BCUT2D eigenvalue weighted by molar-refractivity contribution is 8.00. The van der Waals surface area contributed by atoms with E-state index in [4.69, 9.17) is 9.15 Å². The van der Waals surface area contributed by atoms with Gasteiger partial charge < -0.3 is 25.1 Å². The number of amides is 3. The van der Waals surface area contributed by atoms with Crippen LogP contribution in [0.5, 0.6) is 5.75 Å². The van der Waals surface area contributed by atoms with Crippen LogP contribution in [0.25, 0.3) is 17.4 Å². The van der Waals surface area contributed by atoms with Gasteiger partial charge in [0.25, 0.3) is 11.8 Å². The summed E-state index contributed by atoms with van der Waals surface area (Å²) in [4.78, 5) is 40.2. The van der Waals surface area contributed by atoms with E-state index >= 15 is 0 Å². The van der Waals surface area contributed by atoms with Gasteiger partial charge in [0, 0.05) is 33.5 Å². The van der Waals surface area contributed by atoms with Crippen molar-refractivity contribution in [2.45, 2.75) is 36.8 Å². The van der Waals surface area contributed by atoms with Gasteiger partial charge in [0.2, 0.25) is 5.91 Å². The predicted molar refractivity (Wildman–Crippen MR) is 192 cm³/mol. The zero-order valence-corrected chi connectivity index (χ0v) is 27.6. The zero-order chi connectivity index (χ0) is 33.7. The van der Waals surface area contributed by atoms with Gasteiger partial charge in [0.15, 0.2) is 0 Å². The maximum Gasteiger partial charge on any atom is 0.272 e. The maximum atomic E-state index is 13.5. The van der Waals surface area contributed by atoms with Gasteiger partial charge in [-0.25, -0.2) is 0 Å². The van der Waals surface area contributed by atoms with Crippen LogP contribution in [0.15, 0.2) is 136 Å². The second kappa shape index (κ2) is 16.9. The summed E-state index contributed by atoms with van der Waals surface area (Å²) in [6.45, 7) is 4.62. The molecule has 0 aliphatic rings. The van der Waals surface area contributed by atoms with Gasteiger partial charge in [0.1, 0.15) is 23.0 Å². The van der Waals surface area contributed by atoms with E-state index < -0.39 is 11.8 Å². The molecule has 3 amide bonds. The number of rotatable bonds is 14. The van der Waals surface area contributed by atoms with Gasteiger partial charge in [-0.05, 0) is 86.1 Å². The summed E-state index contributed by atoms with van der Waals surface area (Å²) in [6, 6.07) is 36.3. The molecule has 9 heteroatoms. The molecule has 8 nitrogen and oxygen atoms in total. The quantitative estimate of drug-likeness (QED) is 0.0626. The number of hydrogen-bond donors (Lipinski definition) is 3. The molecule has 4 aromatic carbocycles. The van der Waals surface area contributed by atoms with Crippen LogP contribution < -0.4 is 20.7 Å². The van der Waals surface area contributed by atoms with E-state index in [-0.39, 0.29) is 16.9 Å². The summed E-state index contributed by atoms with van der Waals surface area (Å²) in [7, 11) is 0. The van der Waals surface area contributed by atoms with Crippen molar-refractivity contribution in [1.82, 2.24) is 5.32 Å². The highest BCUT2D eigenvalue weighted by atomic mass is 32.2. The van der Waals surface area contributed by atoms with Gasteiger partial charge >= 0.3 is 0 Å². The van der Waals surface area contributed by atoms with Crippen LogP contribution in [-0.2, 0) is 9.59 Å². The van der Waals surface area contributed by atoms with Crippen LogP contribution in [0, 0.1) is 0 Å². The van der Waals surface area contributed by atoms with Crippen molar-refractivity contribution >= 4 is 46.9 Å². The van der Waals surface area contributed by atoms with E-state index in [1.54, 1.807) is 42.5 Å². The summed E-state index contributed by atoms with van der Waals surface area (Å²) in [5.41, 5.74) is 2.54. The van der Waals surface area contributed by atoms with Crippen molar-refractivity contribution in [2.24, 2.45) is 0 Å². The number of ether oxygens (including phenoxy) is 1. The largest absolute Gasteiger partial charge is 0.494 e. The number of carbonyl (C=O) groups is 3. The summed E-state index contributed by atoms with van der Waals surface area (Å²) < 4.78 is 11.7. The number of thioether (sulfide) groups is 1. The average molecular weight is 660 g/mol. The fourth-order valence-electron chi connectivity index (χ4n) is 4.56. The van der Waals surface area contributed by atoms with Crippen molar-refractivity contribution in [3.05, 3.63) is 138 Å². The normalized spacial score (nSPS) is 11.8. The Hall–Kier alpha value is -5.54. The molecule has 1 unspecified atom stereocenters. The average Bonchev–Trinajstić information content (AvgIpc) is 3.59. The van der Waals surface area contributed by atoms with E-state index in [9.17, 15) is 14.4 Å². The minimum atomic E-state index is -0.521. The molecular formula is C39H37N3O5S. The smallest absolute Gasteiger partial charge is 0.272 e. The lowest BCUT2D eigenvalue weighted by Gasteiger charge is -2.14. The van der Waals surface area contributed by atoms with E-state index in [0.29, 0.717) is 35.1 Å². The molecule has 0 aliphatic heterocycles. The fourth-order valence-corrected chi connectivity index (χ4v) is 5.43. The van der Waals surface area contributed by atoms with Crippen LogP contribution in [0.4, 0.5) is 11.4 Å². The third-order valence-corrected chi connectivity index (χ3v) is 8.30. The van der Waals surface area contributed by atoms with Crippen LogP contribution in [0.1, 0.15) is 42.8 Å². The third-order valence-electron chi connectivity index (χ3n) is 7.18. The molecule has 0 aliphatic carbocycles. The van der Waals surface area contributed by atoms with E-state index in [0.717, 1.165) is 29.1 Å². The summed E-state index contributed by atoms with van der Waals surface area (Å²) >= 11 is 1.40. The standard InChI is InChI=1S/C39H37N3O5S/c1-3-4-25-46-32-19-15-30(16-20-32)40-37(43)27(2)48-34-22-17-31(18-23-34)41-39(45)35(42-38(44)29-13-9-6-10-14-29)26-33-21-24-36(47-33)28-11-7-5-8-12-28/h5-24,26-27H,3-4,25H2,1-2H3,(H,40,43)(H,41,45)(H,42,44)/b35-26+. The number of benzene rings is 4. The number of hydrogen-bond acceptors (Lipinski definition) is 6. The molecule has 0 saturated heterocycles. The second-order valence-corrected chi connectivity index (χ2v) is 12.3. The highest BCUT2D eigenvalue weighted by Gasteiger charge is 2.18. The van der Waals surface area contributed by atoms with Gasteiger partial charge in [-0.15, -0.1) is 11.8 Å². The predicted octanol–water partition coefficient (Wildman–Crippen LogP) is 8.65. The Balaban J connectivity index is 1.22. The third kappa shape index (κ3) is 9.73. The Kier molecular flexibility index (Phi) is 11.9. The molecule has 0 fully saturated rings. The Morgan fingerprint density at radius 3 is 2.12 bits per heavy atom. The molecule has 1 atom stereocenters.